The molecule has 2 aromatic carbocycles. The highest BCUT2D eigenvalue weighted by Gasteiger charge is 2.35. The molecular formula is C20H16F3N3O4. The van der Waals surface area contributed by atoms with Crippen LogP contribution in [0.1, 0.15) is 18.2 Å². The van der Waals surface area contributed by atoms with Crippen LogP contribution in [0, 0.1) is 0 Å². The maximum absolute atomic E-state index is 12.4. The molecule has 4 rings (SSSR count). The number of anilines is 1. The Morgan fingerprint density at radius 2 is 1.73 bits per heavy atom. The summed E-state index contributed by atoms with van der Waals surface area (Å²) in [5.41, 5.74) is 1.19. The molecule has 30 heavy (non-hydrogen) atoms. The Balaban J connectivity index is 1.47. The number of amides is 1. The summed E-state index contributed by atoms with van der Waals surface area (Å²) in [6, 6.07) is 12.2. The Hall–Kier alpha value is -3.56. The van der Waals surface area contributed by atoms with Crippen LogP contribution in [0.4, 0.5) is 18.9 Å². The van der Waals surface area contributed by atoms with Crippen LogP contribution in [-0.4, -0.2) is 36.1 Å². The van der Waals surface area contributed by atoms with E-state index in [0.717, 1.165) is 17.8 Å². The van der Waals surface area contributed by atoms with Crippen LogP contribution < -0.4 is 14.4 Å². The maximum atomic E-state index is 12.4. The Kier molecular flexibility index (Phi) is 5.06. The number of methoxy groups -OCH3 is 1. The lowest BCUT2D eigenvalue weighted by atomic mass is 10.1. The van der Waals surface area contributed by atoms with Crippen molar-refractivity contribution in [2.45, 2.75) is 18.7 Å². The van der Waals surface area contributed by atoms with Crippen LogP contribution in [0.15, 0.2) is 53.1 Å². The number of carbonyl (C=O) groups is 1. The molecule has 2 heterocycles. The molecular weight excluding hydrogens is 403 g/mol. The van der Waals surface area contributed by atoms with Crippen LogP contribution in [0.3, 0.4) is 0 Å². The second-order valence-corrected chi connectivity index (χ2v) is 6.63. The second kappa shape index (κ2) is 7.69. The van der Waals surface area contributed by atoms with Gasteiger partial charge in [0, 0.05) is 30.1 Å². The van der Waals surface area contributed by atoms with E-state index in [9.17, 15) is 18.0 Å². The molecule has 1 amide bonds. The van der Waals surface area contributed by atoms with E-state index >= 15 is 0 Å². The molecule has 3 aromatic rings. The fraction of sp³-hybridized carbons (Fsp3) is 0.250. The number of alkyl halides is 3. The maximum Gasteiger partial charge on any atom is 0.573 e. The van der Waals surface area contributed by atoms with Crippen molar-refractivity contribution in [1.29, 1.82) is 0 Å². The zero-order valence-corrected chi connectivity index (χ0v) is 15.7. The summed E-state index contributed by atoms with van der Waals surface area (Å²) in [5, 5.41) is 3.95. The summed E-state index contributed by atoms with van der Waals surface area (Å²) in [7, 11) is 1.57. The van der Waals surface area contributed by atoms with Crippen molar-refractivity contribution in [3.8, 4) is 23.0 Å². The first-order valence-electron chi connectivity index (χ1n) is 8.96. The lowest BCUT2D eigenvalue weighted by Crippen LogP contribution is -2.24. The van der Waals surface area contributed by atoms with Gasteiger partial charge in [-0.1, -0.05) is 5.16 Å². The number of carbonyl (C=O) groups excluding carboxylic acids is 1. The molecule has 1 fully saturated rings. The Labute approximate surface area is 169 Å². The molecule has 0 radical (unpaired) electrons. The summed E-state index contributed by atoms with van der Waals surface area (Å²) in [4.78, 5) is 18.4. The fourth-order valence-corrected chi connectivity index (χ4v) is 3.21. The molecule has 1 aliphatic rings. The van der Waals surface area contributed by atoms with Gasteiger partial charge in [-0.05, 0) is 48.5 Å². The summed E-state index contributed by atoms with van der Waals surface area (Å²) < 4.78 is 51.0. The van der Waals surface area contributed by atoms with Gasteiger partial charge in [0.2, 0.25) is 5.91 Å². The molecule has 1 aromatic heterocycles. The number of ether oxygens (including phenoxy) is 2. The molecule has 0 N–H and O–H groups in total. The first kappa shape index (κ1) is 19.7. The van der Waals surface area contributed by atoms with E-state index in [1.54, 1.807) is 36.3 Å². The van der Waals surface area contributed by atoms with E-state index in [0.29, 0.717) is 23.7 Å². The first-order valence-corrected chi connectivity index (χ1v) is 8.96. The number of nitrogens with zero attached hydrogens (tertiary/aromatic N) is 3. The van der Waals surface area contributed by atoms with E-state index in [1.165, 1.54) is 12.1 Å². The van der Waals surface area contributed by atoms with Gasteiger partial charge in [-0.2, -0.15) is 4.98 Å². The van der Waals surface area contributed by atoms with Crippen LogP contribution in [0.5, 0.6) is 11.5 Å². The van der Waals surface area contributed by atoms with Crippen molar-refractivity contribution >= 4 is 11.6 Å². The van der Waals surface area contributed by atoms with Gasteiger partial charge in [-0.3, -0.25) is 4.79 Å². The summed E-state index contributed by atoms with van der Waals surface area (Å²) in [6.45, 7) is 0.391. The number of hydrogen-bond donors (Lipinski definition) is 0. The Morgan fingerprint density at radius 1 is 1.07 bits per heavy atom. The predicted molar refractivity (Wildman–Crippen MR) is 99.1 cm³/mol. The molecule has 0 saturated carbocycles. The quantitative estimate of drug-likeness (QED) is 0.618. The third kappa shape index (κ3) is 4.22. The lowest BCUT2D eigenvalue weighted by Gasteiger charge is -2.16. The van der Waals surface area contributed by atoms with Gasteiger partial charge in [-0.25, -0.2) is 0 Å². The van der Waals surface area contributed by atoms with E-state index in [1.807, 2.05) is 0 Å². The third-order valence-electron chi connectivity index (χ3n) is 4.65. The van der Waals surface area contributed by atoms with Gasteiger partial charge < -0.3 is 18.9 Å². The minimum absolute atomic E-state index is 0.0647. The third-order valence-corrected chi connectivity index (χ3v) is 4.65. The molecule has 0 aliphatic carbocycles. The monoisotopic (exact) mass is 419 g/mol. The number of benzene rings is 2. The topological polar surface area (TPSA) is 77.7 Å². The molecule has 0 bridgehead atoms. The first-order chi connectivity index (χ1) is 14.3. The van der Waals surface area contributed by atoms with Crippen LogP contribution in [0.25, 0.3) is 11.5 Å². The highest BCUT2D eigenvalue weighted by atomic mass is 19.4. The molecule has 0 spiro atoms. The lowest BCUT2D eigenvalue weighted by molar-refractivity contribution is -0.274. The second-order valence-electron chi connectivity index (χ2n) is 6.63. The molecule has 156 valence electrons. The predicted octanol–water partition coefficient (Wildman–Crippen LogP) is 4.16. The van der Waals surface area contributed by atoms with Gasteiger partial charge in [0.05, 0.1) is 7.11 Å². The summed E-state index contributed by atoms with van der Waals surface area (Å²) >= 11 is 0. The van der Waals surface area contributed by atoms with E-state index in [2.05, 4.69) is 14.9 Å². The minimum Gasteiger partial charge on any atom is -0.497 e. The van der Waals surface area contributed by atoms with Gasteiger partial charge in [-0.15, -0.1) is 13.2 Å². The van der Waals surface area contributed by atoms with Gasteiger partial charge >= 0.3 is 6.36 Å². The minimum atomic E-state index is -4.76. The molecule has 1 unspecified atom stereocenters. The number of halogens is 3. The largest absolute Gasteiger partial charge is 0.573 e. The smallest absolute Gasteiger partial charge is 0.497 e. The van der Waals surface area contributed by atoms with Crippen molar-refractivity contribution in [3.63, 3.8) is 0 Å². The van der Waals surface area contributed by atoms with Crippen LogP contribution in [-0.2, 0) is 4.79 Å². The van der Waals surface area contributed by atoms with E-state index in [-0.39, 0.29) is 29.9 Å². The molecule has 1 saturated heterocycles. The summed E-state index contributed by atoms with van der Waals surface area (Å²) in [5.74, 6) is 0.540. The zero-order chi connectivity index (χ0) is 21.3. The number of rotatable bonds is 5. The van der Waals surface area contributed by atoms with Crippen LogP contribution >= 0.6 is 0 Å². The van der Waals surface area contributed by atoms with Gasteiger partial charge in [0.25, 0.3) is 5.89 Å². The van der Waals surface area contributed by atoms with Crippen molar-refractivity contribution in [2.75, 3.05) is 18.6 Å². The highest BCUT2D eigenvalue weighted by molar-refractivity contribution is 5.96. The average Bonchev–Trinajstić information content (AvgIpc) is 3.34. The number of aromatic nitrogens is 2. The van der Waals surface area contributed by atoms with E-state index in [4.69, 9.17) is 9.26 Å². The fourth-order valence-electron chi connectivity index (χ4n) is 3.21. The van der Waals surface area contributed by atoms with Crippen molar-refractivity contribution < 1.29 is 32.0 Å². The SMILES string of the molecule is COc1ccc(N2CC(c3noc(-c4ccc(OC(F)(F)F)cc4)n3)CC2=O)cc1. The van der Waals surface area contributed by atoms with Crippen molar-refractivity contribution in [1.82, 2.24) is 10.1 Å². The zero-order valence-electron chi connectivity index (χ0n) is 15.7. The summed E-state index contributed by atoms with van der Waals surface area (Å²) in [6.07, 6.45) is -4.53. The molecule has 1 atom stereocenters. The normalized spacial score (nSPS) is 16.7. The molecule has 7 nitrogen and oxygen atoms in total. The highest BCUT2D eigenvalue weighted by Crippen LogP contribution is 2.32. The van der Waals surface area contributed by atoms with Crippen molar-refractivity contribution in [3.05, 3.63) is 54.4 Å². The molecule has 10 heteroatoms. The Bertz CT molecular complexity index is 1030. The Morgan fingerprint density at radius 3 is 2.37 bits per heavy atom. The number of hydrogen-bond acceptors (Lipinski definition) is 6. The van der Waals surface area contributed by atoms with Crippen LogP contribution in [0.2, 0.25) is 0 Å². The van der Waals surface area contributed by atoms with Crippen molar-refractivity contribution in [2.24, 2.45) is 0 Å². The molecule has 1 aliphatic heterocycles. The van der Waals surface area contributed by atoms with Gasteiger partial charge in [0.1, 0.15) is 11.5 Å². The van der Waals surface area contributed by atoms with Gasteiger partial charge in [0.15, 0.2) is 5.82 Å². The standard InChI is InChI=1S/C20H16F3N3O4/c1-28-15-8-4-14(5-9-15)26-11-13(10-17(26)27)18-24-19(30-25-18)12-2-6-16(7-3-12)29-20(21,22)23/h2-9,13H,10-11H2,1H3. The average molecular weight is 419 g/mol. The van der Waals surface area contributed by atoms with E-state index < -0.39 is 6.36 Å².